The van der Waals surface area contributed by atoms with Crippen LogP contribution in [0.4, 0.5) is 0 Å². The molecule has 1 fully saturated rings. The first-order valence-corrected chi connectivity index (χ1v) is 4.56. The monoisotopic (exact) mass is 209 g/mol. The van der Waals surface area contributed by atoms with Crippen LogP contribution in [0.5, 0.6) is 5.75 Å². The van der Waals surface area contributed by atoms with Crippen LogP contribution in [0.15, 0.2) is 30.3 Å². The molecule has 1 aromatic rings. The van der Waals surface area contributed by atoms with E-state index in [0.717, 1.165) is 18.8 Å². The molecule has 2 aliphatic rings. The van der Waals surface area contributed by atoms with Gasteiger partial charge in [0.05, 0.1) is 0 Å². The van der Waals surface area contributed by atoms with Crippen LogP contribution in [0, 0.1) is 0 Å². The van der Waals surface area contributed by atoms with E-state index in [1.54, 1.807) is 0 Å². The normalized spacial score (nSPS) is 20.3. The van der Waals surface area contributed by atoms with Gasteiger partial charge in [-0.15, -0.1) is 12.4 Å². The number of fused-ring (bicyclic) bond motifs is 1. The maximum Gasteiger partial charge on any atom is 0.152 e. The van der Waals surface area contributed by atoms with Gasteiger partial charge >= 0.3 is 0 Å². The number of hydrogen-bond acceptors (Lipinski definition) is 2. The summed E-state index contributed by atoms with van der Waals surface area (Å²) in [5.41, 5.74) is 1.13. The van der Waals surface area contributed by atoms with E-state index in [1.165, 1.54) is 5.56 Å². The largest absolute Gasteiger partial charge is 0.480 e. The van der Waals surface area contributed by atoms with Crippen molar-refractivity contribution in [3.05, 3.63) is 35.9 Å². The van der Waals surface area contributed by atoms with Crippen LogP contribution in [-0.2, 0) is 0 Å². The Bertz CT molecular complexity index is 371. The number of halogens is 1. The molecule has 2 nitrogen and oxygen atoms in total. The fourth-order valence-electron chi connectivity index (χ4n) is 1.77. The molecule has 1 spiro atoms. The minimum atomic E-state index is -0.0473. The van der Waals surface area contributed by atoms with Crippen molar-refractivity contribution >= 4 is 18.5 Å². The van der Waals surface area contributed by atoms with Gasteiger partial charge in [-0.1, -0.05) is 24.3 Å². The van der Waals surface area contributed by atoms with Crippen LogP contribution >= 0.6 is 12.4 Å². The SMILES string of the molecule is C1=CC2(CNC2)Oc2ccccc21.Cl. The van der Waals surface area contributed by atoms with Crippen LogP contribution in [0.1, 0.15) is 5.56 Å². The lowest BCUT2D eigenvalue weighted by atomic mass is 9.93. The average molecular weight is 210 g/mol. The van der Waals surface area contributed by atoms with Gasteiger partial charge in [0.2, 0.25) is 0 Å². The highest BCUT2D eigenvalue weighted by Crippen LogP contribution is 2.32. The summed E-state index contributed by atoms with van der Waals surface area (Å²) in [6.07, 6.45) is 4.31. The highest BCUT2D eigenvalue weighted by Gasteiger charge is 2.38. The zero-order valence-corrected chi connectivity index (χ0v) is 8.51. The van der Waals surface area contributed by atoms with Gasteiger partial charge in [0.15, 0.2) is 5.60 Å². The van der Waals surface area contributed by atoms with Gasteiger partial charge in [0.25, 0.3) is 0 Å². The number of para-hydroxylation sites is 1. The molecule has 0 aliphatic carbocycles. The molecule has 0 amide bonds. The molecule has 74 valence electrons. The predicted molar refractivity (Wildman–Crippen MR) is 59.0 cm³/mol. The highest BCUT2D eigenvalue weighted by atomic mass is 35.5. The molecule has 2 aliphatic heterocycles. The zero-order valence-electron chi connectivity index (χ0n) is 7.69. The smallest absolute Gasteiger partial charge is 0.152 e. The molecular formula is C11H12ClNO. The lowest BCUT2D eigenvalue weighted by Gasteiger charge is -2.42. The summed E-state index contributed by atoms with van der Waals surface area (Å²) < 4.78 is 5.91. The Hall–Kier alpha value is -0.990. The number of nitrogens with one attached hydrogen (secondary N) is 1. The number of hydrogen-bond donors (Lipinski definition) is 1. The first kappa shape index (κ1) is 9.56. The van der Waals surface area contributed by atoms with E-state index in [0.29, 0.717) is 0 Å². The standard InChI is InChI=1S/C11H11NO.ClH/c1-2-4-10-9(3-1)5-6-11(13-10)7-12-8-11;/h1-6,12H,7-8H2;1H. The maximum atomic E-state index is 5.91. The summed E-state index contributed by atoms with van der Waals surface area (Å²) in [6.45, 7) is 1.86. The van der Waals surface area contributed by atoms with Crippen molar-refractivity contribution in [1.29, 1.82) is 0 Å². The molecule has 0 unspecified atom stereocenters. The second-order valence-electron chi connectivity index (χ2n) is 3.64. The summed E-state index contributed by atoms with van der Waals surface area (Å²) >= 11 is 0. The molecule has 0 radical (unpaired) electrons. The Morgan fingerprint density at radius 1 is 1.21 bits per heavy atom. The second-order valence-corrected chi connectivity index (χ2v) is 3.64. The van der Waals surface area contributed by atoms with Gasteiger partial charge < -0.3 is 10.1 Å². The Morgan fingerprint density at radius 3 is 2.71 bits per heavy atom. The van der Waals surface area contributed by atoms with Gasteiger partial charge in [0.1, 0.15) is 5.75 Å². The third-order valence-corrected chi connectivity index (χ3v) is 2.65. The fourth-order valence-corrected chi connectivity index (χ4v) is 1.77. The third kappa shape index (κ3) is 1.31. The van der Waals surface area contributed by atoms with Crippen molar-refractivity contribution in [3.63, 3.8) is 0 Å². The number of ether oxygens (including phenoxy) is 1. The van der Waals surface area contributed by atoms with Gasteiger partial charge in [0, 0.05) is 18.7 Å². The fraction of sp³-hybridized carbons (Fsp3) is 0.273. The first-order chi connectivity index (χ1) is 6.38. The van der Waals surface area contributed by atoms with Gasteiger partial charge in [-0.3, -0.25) is 0 Å². The number of rotatable bonds is 0. The average Bonchev–Trinajstić information content (AvgIpc) is 2.15. The van der Waals surface area contributed by atoms with E-state index in [-0.39, 0.29) is 18.0 Å². The molecule has 0 aromatic heterocycles. The van der Waals surface area contributed by atoms with Crippen molar-refractivity contribution < 1.29 is 4.74 Å². The number of benzene rings is 1. The third-order valence-electron chi connectivity index (χ3n) is 2.65. The molecule has 1 N–H and O–H groups in total. The highest BCUT2D eigenvalue weighted by molar-refractivity contribution is 5.85. The molecule has 14 heavy (non-hydrogen) atoms. The summed E-state index contributed by atoms with van der Waals surface area (Å²) in [6, 6.07) is 8.14. The van der Waals surface area contributed by atoms with Crippen molar-refractivity contribution in [3.8, 4) is 5.75 Å². The van der Waals surface area contributed by atoms with E-state index in [2.05, 4.69) is 23.5 Å². The first-order valence-electron chi connectivity index (χ1n) is 4.56. The topological polar surface area (TPSA) is 21.3 Å². The van der Waals surface area contributed by atoms with Crippen LogP contribution in [0.3, 0.4) is 0 Å². The Labute approximate surface area is 89.4 Å². The Kier molecular flexibility index (Phi) is 2.25. The van der Waals surface area contributed by atoms with Gasteiger partial charge in [-0.25, -0.2) is 0 Å². The molecule has 3 rings (SSSR count). The van der Waals surface area contributed by atoms with Crippen molar-refractivity contribution in [2.45, 2.75) is 5.60 Å². The summed E-state index contributed by atoms with van der Waals surface area (Å²) in [4.78, 5) is 0. The predicted octanol–water partition coefficient (Wildman–Crippen LogP) is 1.86. The van der Waals surface area contributed by atoms with E-state index >= 15 is 0 Å². The zero-order chi connectivity index (χ0) is 8.73. The second kappa shape index (κ2) is 3.30. The van der Waals surface area contributed by atoms with E-state index in [1.807, 2.05) is 18.2 Å². The lowest BCUT2D eigenvalue weighted by Crippen LogP contribution is -2.62. The van der Waals surface area contributed by atoms with Crippen molar-refractivity contribution in [1.82, 2.24) is 5.32 Å². The van der Waals surface area contributed by atoms with Crippen LogP contribution in [-0.4, -0.2) is 18.7 Å². The van der Waals surface area contributed by atoms with Crippen LogP contribution in [0.25, 0.3) is 6.08 Å². The Morgan fingerprint density at radius 2 is 2.00 bits per heavy atom. The Balaban J connectivity index is 0.000000750. The molecule has 3 heteroatoms. The van der Waals surface area contributed by atoms with E-state index in [9.17, 15) is 0 Å². The maximum absolute atomic E-state index is 5.91. The van der Waals surface area contributed by atoms with Crippen LogP contribution < -0.4 is 10.1 Å². The molecule has 0 bridgehead atoms. The van der Waals surface area contributed by atoms with Crippen LogP contribution in [0.2, 0.25) is 0 Å². The van der Waals surface area contributed by atoms with Crippen molar-refractivity contribution in [2.75, 3.05) is 13.1 Å². The molecule has 0 atom stereocenters. The molecular weight excluding hydrogens is 198 g/mol. The molecule has 1 aromatic carbocycles. The minimum absolute atomic E-state index is 0. The summed E-state index contributed by atoms with van der Waals surface area (Å²) in [5.74, 6) is 1.01. The van der Waals surface area contributed by atoms with E-state index < -0.39 is 0 Å². The molecule has 2 heterocycles. The molecule has 0 saturated carbocycles. The van der Waals surface area contributed by atoms with Gasteiger partial charge in [-0.2, -0.15) is 0 Å². The summed E-state index contributed by atoms with van der Waals surface area (Å²) in [7, 11) is 0. The van der Waals surface area contributed by atoms with E-state index in [4.69, 9.17) is 4.74 Å². The summed E-state index contributed by atoms with van der Waals surface area (Å²) in [5, 5.41) is 3.23. The van der Waals surface area contributed by atoms with Crippen molar-refractivity contribution in [2.24, 2.45) is 0 Å². The lowest BCUT2D eigenvalue weighted by molar-refractivity contribution is 0.0615. The molecule has 1 saturated heterocycles. The quantitative estimate of drug-likeness (QED) is 0.704. The minimum Gasteiger partial charge on any atom is -0.480 e. The van der Waals surface area contributed by atoms with Gasteiger partial charge in [-0.05, 0) is 12.1 Å².